The van der Waals surface area contributed by atoms with Crippen molar-refractivity contribution in [1.82, 2.24) is 15.2 Å². The molecule has 0 aliphatic heterocycles. The molecule has 0 spiro atoms. The van der Waals surface area contributed by atoms with E-state index in [1.54, 1.807) is 0 Å². The summed E-state index contributed by atoms with van der Waals surface area (Å²) < 4.78 is 11.0. The third-order valence-electron chi connectivity index (χ3n) is 2.32. The molecular weight excluding hydrogens is 232 g/mol. The Morgan fingerprint density at radius 2 is 1.89 bits per heavy atom. The number of nitrogen functional groups attached to an aromatic ring is 1. The first-order valence-electron chi connectivity index (χ1n) is 5.82. The molecule has 1 heterocycles. The zero-order chi connectivity index (χ0) is 13.0. The van der Waals surface area contributed by atoms with Gasteiger partial charge in [0, 0.05) is 5.56 Å². The Bertz CT molecular complexity index is 525. The summed E-state index contributed by atoms with van der Waals surface area (Å²) in [6, 6.07) is 5.59. The Balaban J connectivity index is 2.35. The number of H-pyrrole nitrogens is 1. The minimum atomic E-state index is 0.219. The number of nitrogens with one attached hydrogen (secondary N) is 1. The minimum Gasteiger partial charge on any atom is -0.490 e. The zero-order valence-corrected chi connectivity index (χ0v) is 10.4. The van der Waals surface area contributed by atoms with Gasteiger partial charge in [-0.1, -0.05) is 0 Å². The SMILES string of the molecule is CCOc1ccc(-c2nc(N)n[nH]2)cc1OCC. The van der Waals surface area contributed by atoms with Crippen LogP contribution in [0.3, 0.4) is 0 Å². The molecule has 0 aliphatic carbocycles. The van der Waals surface area contributed by atoms with Crippen molar-refractivity contribution in [2.75, 3.05) is 18.9 Å². The van der Waals surface area contributed by atoms with Crippen molar-refractivity contribution in [2.45, 2.75) is 13.8 Å². The summed E-state index contributed by atoms with van der Waals surface area (Å²) >= 11 is 0. The van der Waals surface area contributed by atoms with Crippen molar-refractivity contribution in [3.05, 3.63) is 18.2 Å². The summed E-state index contributed by atoms with van der Waals surface area (Å²) in [7, 11) is 0. The molecule has 0 atom stereocenters. The maximum Gasteiger partial charge on any atom is 0.239 e. The topological polar surface area (TPSA) is 86.0 Å². The third kappa shape index (κ3) is 2.53. The number of anilines is 1. The second-order valence-electron chi connectivity index (χ2n) is 3.57. The maximum absolute atomic E-state index is 5.54. The lowest BCUT2D eigenvalue weighted by molar-refractivity contribution is 0.288. The van der Waals surface area contributed by atoms with Gasteiger partial charge in [-0.25, -0.2) is 0 Å². The molecule has 96 valence electrons. The molecule has 2 rings (SSSR count). The summed E-state index contributed by atoms with van der Waals surface area (Å²) in [6.45, 7) is 5.02. The molecule has 2 aromatic rings. The van der Waals surface area contributed by atoms with E-state index in [4.69, 9.17) is 15.2 Å². The van der Waals surface area contributed by atoms with Gasteiger partial charge in [0.05, 0.1) is 13.2 Å². The highest BCUT2D eigenvalue weighted by atomic mass is 16.5. The van der Waals surface area contributed by atoms with E-state index < -0.39 is 0 Å². The van der Waals surface area contributed by atoms with E-state index in [0.29, 0.717) is 24.8 Å². The molecule has 0 saturated carbocycles. The molecule has 6 heteroatoms. The lowest BCUT2D eigenvalue weighted by Gasteiger charge is -2.11. The zero-order valence-electron chi connectivity index (χ0n) is 10.4. The smallest absolute Gasteiger partial charge is 0.239 e. The standard InChI is InChI=1S/C12H16N4O2/c1-3-17-9-6-5-8(7-10(9)18-4-2)11-14-12(13)16-15-11/h5-7H,3-4H2,1-2H3,(H3,13,14,15,16). The Morgan fingerprint density at radius 3 is 2.50 bits per heavy atom. The molecule has 6 nitrogen and oxygen atoms in total. The van der Waals surface area contributed by atoms with Crippen molar-refractivity contribution in [1.29, 1.82) is 0 Å². The molecule has 3 N–H and O–H groups in total. The number of aromatic nitrogens is 3. The largest absolute Gasteiger partial charge is 0.490 e. The van der Waals surface area contributed by atoms with Crippen molar-refractivity contribution in [3.63, 3.8) is 0 Å². The fourth-order valence-corrected chi connectivity index (χ4v) is 1.60. The van der Waals surface area contributed by atoms with Crippen LogP contribution in [0.25, 0.3) is 11.4 Å². The van der Waals surface area contributed by atoms with E-state index in [-0.39, 0.29) is 5.95 Å². The summed E-state index contributed by atoms with van der Waals surface area (Å²) in [5.74, 6) is 2.23. The molecule has 0 amide bonds. The van der Waals surface area contributed by atoms with Crippen LogP contribution in [0, 0.1) is 0 Å². The molecule has 0 radical (unpaired) electrons. The Kier molecular flexibility index (Phi) is 3.66. The summed E-state index contributed by atoms with van der Waals surface area (Å²) in [4.78, 5) is 4.07. The van der Waals surface area contributed by atoms with Crippen molar-refractivity contribution in [2.24, 2.45) is 0 Å². The average molecular weight is 248 g/mol. The maximum atomic E-state index is 5.54. The molecule has 0 fully saturated rings. The van der Waals surface area contributed by atoms with Crippen molar-refractivity contribution < 1.29 is 9.47 Å². The van der Waals surface area contributed by atoms with Crippen LogP contribution in [0.2, 0.25) is 0 Å². The molecule has 1 aromatic heterocycles. The Morgan fingerprint density at radius 1 is 1.17 bits per heavy atom. The van der Waals surface area contributed by atoms with Gasteiger partial charge in [0.2, 0.25) is 5.95 Å². The number of nitrogens with zero attached hydrogens (tertiary/aromatic N) is 2. The first-order chi connectivity index (χ1) is 8.74. The minimum absolute atomic E-state index is 0.219. The first-order valence-corrected chi connectivity index (χ1v) is 5.82. The van der Waals surface area contributed by atoms with E-state index in [1.165, 1.54) is 0 Å². The van der Waals surface area contributed by atoms with Crippen LogP contribution in [0.15, 0.2) is 18.2 Å². The lowest BCUT2D eigenvalue weighted by Crippen LogP contribution is -1.98. The number of ether oxygens (including phenoxy) is 2. The number of rotatable bonds is 5. The van der Waals surface area contributed by atoms with Crippen LogP contribution >= 0.6 is 0 Å². The number of hydrogen-bond donors (Lipinski definition) is 2. The van der Waals surface area contributed by atoms with Gasteiger partial charge in [0.15, 0.2) is 17.3 Å². The number of aromatic amines is 1. The highest BCUT2D eigenvalue weighted by molar-refractivity contribution is 5.61. The Hall–Kier alpha value is -2.24. The second kappa shape index (κ2) is 5.39. The summed E-state index contributed by atoms with van der Waals surface area (Å²) in [5.41, 5.74) is 6.33. The van der Waals surface area contributed by atoms with Gasteiger partial charge in [-0.05, 0) is 32.0 Å². The quantitative estimate of drug-likeness (QED) is 0.843. The van der Waals surface area contributed by atoms with E-state index in [0.717, 1.165) is 11.3 Å². The van der Waals surface area contributed by atoms with E-state index in [1.807, 2.05) is 32.0 Å². The van der Waals surface area contributed by atoms with Crippen LogP contribution in [0.5, 0.6) is 11.5 Å². The van der Waals surface area contributed by atoms with Crippen LogP contribution in [-0.4, -0.2) is 28.4 Å². The van der Waals surface area contributed by atoms with Gasteiger partial charge in [-0.3, -0.25) is 5.10 Å². The predicted octanol–water partition coefficient (Wildman–Crippen LogP) is 1.85. The molecule has 0 bridgehead atoms. The van der Waals surface area contributed by atoms with Gasteiger partial charge in [-0.2, -0.15) is 4.98 Å². The fraction of sp³-hybridized carbons (Fsp3) is 0.333. The Labute approximate surface area is 105 Å². The fourth-order valence-electron chi connectivity index (χ4n) is 1.60. The lowest BCUT2D eigenvalue weighted by atomic mass is 10.2. The van der Waals surface area contributed by atoms with Crippen molar-refractivity contribution in [3.8, 4) is 22.9 Å². The van der Waals surface area contributed by atoms with Gasteiger partial charge in [0.1, 0.15) is 0 Å². The third-order valence-corrected chi connectivity index (χ3v) is 2.32. The molecular formula is C12H16N4O2. The molecule has 18 heavy (non-hydrogen) atoms. The number of benzene rings is 1. The van der Waals surface area contributed by atoms with Crippen LogP contribution in [0.1, 0.15) is 13.8 Å². The highest BCUT2D eigenvalue weighted by Gasteiger charge is 2.09. The number of nitrogens with two attached hydrogens (primary N) is 1. The van der Waals surface area contributed by atoms with Gasteiger partial charge < -0.3 is 15.2 Å². The van der Waals surface area contributed by atoms with E-state index >= 15 is 0 Å². The highest BCUT2D eigenvalue weighted by Crippen LogP contribution is 2.31. The van der Waals surface area contributed by atoms with Gasteiger partial charge >= 0.3 is 0 Å². The summed E-state index contributed by atoms with van der Waals surface area (Å²) in [5, 5.41) is 6.56. The van der Waals surface area contributed by atoms with Gasteiger partial charge in [-0.15, -0.1) is 5.10 Å². The molecule has 0 aliphatic rings. The molecule has 0 saturated heterocycles. The van der Waals surface area contributed by atoms with Crippen LogP contribution in [0.4, 0.5) is 5.95 Å². The monoisotopic (exact) mass is 248 g/mol. The van der Waals surface area contributed by atoms with Gasteiger partial charge in [0.25, 0.3) is 0 Å². The van der Waals surface area contributed by atoms with Crippen LogP contribution < -0.4 is 15.2 Å². The molecule has 1 aromatic carbocycles. The average Bonchev–Trinajstić information content (AvgIpc) is 2.79. The molecule has 0 unspecified atom stereocenters. The van der Waals surface area contributed by atoms with Crippen LogP contribution in [-0.2, 0) is 0 Å². The van der Waals surface area contributed by atoms with E-state index in [9.17, 15) is 0 Å². The second-order valence-corrected chi connectivity index (χ2v) is 3.57. The summed E-state index contributed by atoms with van der Waals surface area (Å²) in [6.07, 6.45) is 0. The normalized spacial score (nSPS) is 10.3. The van der Waals surface area contributed by atoms with Crippen molar-refractivity contribution >= 4 is 5.95 Å². The van der Waals surface area contributed by atoms with E-state index in [2.05, 4.69) is 15.2 Å². The number of hydrogen-bond acceptors (Lipinski definition) is 5. The first kappa shape index (κ1) is 12.2. The predicted molar refractivity (Wildman–Crippen MR) is 68.6 cm³/mol.